The van der Waals surface area contributed by atoms with E-state index in [-0.39, 0.29) is 16.6 Å². The van der Waals surface area contributed by atoms with Gasteiger partial charge in [0.2, 0.25) is 10.0 Å². The van der Waals surface area contributed by atoms with Crippen LogP contribution in [-0.2, 0) is 14.8 Å². The minimum Gasteiger partial charge on any atom is -0.480 e. The van der Waals surface area contributed by atoms with Crippen molar-refractivity contribution in [1.29, 1.82) is 0 Å². The van der Waals surface area contributed by atoms with E-state index in [1.165, 1.54) is 12.1 Å². The molecule has 10 heteroatoms. The number of benzene rings is 3. The predicted octanol–water partition coefficient (Wildman–Crippen LogP) is 4.96. The van der Waals surface area contributed by atoms with Gasteiger partial charge in [-0.1, -0.05) is 56.0 Å². The number of fused-ring (bicyclic) bond motifs is 1. The lowest BCUT2D eigenvalue weighted by Crippen LogP contribution is -2.44. The third-order valence-corrected chi connectivity index (χ3v) is 8.09. The zero-order valence-electron chi connectivity index (χ0n) is 24.1. The second kappa shape index (κ2) is 12.6. The van der Waals surface area contributed by atoms with Crippen molar-refractivity contribution in [3.8, 4) is 23.0 Å². The lowest BCUT2D eigenvalue weighted by molar-refractivity contribution is -0.140. The number of aryl methyl sites for hydroxylation is 1. The maximum absolute atomic E-state index is 13.1. The summed E-state index contributed by atoms with van der Waals surface area (Å²) in [5.41, 5.74) is 4.22. The number of carbonyl (C=O) groups excluding carboxylic acids is 1. The first-order chi connectivity index (χ1) is 19.9. The number of hydrogen-bond acceptors (Lipinski definition) is 6. The average molecular weight is 588 g/mol. The molecule has 1 amide bonds. The Hall–Kier alpha value is -4.43. The van der Waals surface area contributed by atoms with Gasteiger partial charge in [-0.2, -0.15) is 4.72 Å². The summed E-state index contributed by atoms with van der Waals surface area (Å²) in [6.07, 6.45) is 0. The first-order valence-corrected chi connectivity index (χ1v) is 14.8. The first kappa shape index (κ1) is 30.5. The Balaban J connectivity index is 1.48. The lowest BCUT2D eigenvalue weighted by atomic mass is 10.0. The van der Waals surface area contributed by atoms with Crippen molar-refractivity contribution >= 4 is 38.6 Å². The number of amides is 1. The molecule has 0 unspecified atom stereocenters. The van der Waals surface area contributed by atoms with E-state index in [1.807, 2.05) is 44.1 Å². The molecule has 1 atom stereocenters. The normalized spacial score (nSPS) is 12.3. The summed E-state index contributed by atoms with van der Waals surface area (Å²) in [6, 6.07) is 17.6. The van der Waals surface area contributed by atoms with Crippen molar-refractivity contribution < 1.29 is 27.5 Å². The Labute approximate surface area is 245 Å². The number of furan rings is 1. The number of sulfonamides is 1. The Morgan fingerprint density at radius 2 is 1.60 bits per heavy atom. The second-order valence-electron chi connectivity index (χ2n) is 10.5. The lowest BCUT2D eigenvalue weighted by Gasteiger charge is -2.18. The van der Waals surface area contributed by atoms with Crippen LogP contribution in [0.15, 0.2) is 76.0 Å². The summed E-state index contributed by atoms with van der Waals surface area (Å²) >= 11 is 0. The van der Waals surface area contributed by atoms with Crippen LogP contribution >= 0.6 is 0 Å². The zero-order valence-corrected chi connectivity index (χ0v) is 24.9. The Bertz CT molecular complexity index is 1780. The third-order valence-electron chi connectivity index (χ3n) is 6.63. The van der Waals surface area contributed by atoms with Crippen molar-refractivity contribution in [2.24, 2.45) is 5.92 Å². The van der Waals surface area contributed by atoms with E-state index in [0.29, 0.717) is 23.4 Å². The van der Waals surface area contributed by atoms with Gasteiger partial charge >= 0.3 is 5.97 Å². The number of carboxylic acids is 1. The smallest absolute Gasteiger partial charge is 0.322 e. The van der Waals surface area contributed by atoms with Crippen LogP contribution in [0.4, 0.5) is 5.69 Å². The average Bonchev–Trinajstić information content (AvgIpc) is 3.29. The highest BCUT2D eigenvalue weighted by Gasteiger charge is 2.28. The monoisotopic (exact) mass is 587 g/mol. The number of carbonyl (C=O) groups is 2. The van der Waals surface area contributed by atoms with Gasteiger partial charge in [-0.25, -0.2) is 8.42 Å². The van der Waals surface area contributed by atoms with Gasteiger partial charge in [0.1, 0.15) is 11.6 Å². The van der Waals surface area contributed by atoms with Crippen LogP contribution in [0.25, 0.3) is 22.1 Å². The number of aliphatic carboxylic acids is 1. The molecule has 3 aromatic carbocycles. The second-order valence-corrected chi connectivity index (χ2v) is 12.2. The van der Waals surface area contributed by atoms with Crippen molar-refractivity contribution in [3.63, 3.8) is 0 Å². The number of nitrogens with one attached hydrogen (secondary N) is 2. The first-order valence-electron chi connectivity index (χ1n) is 13.3. The maximum atomic E-state index is 13.1. The minimum absolute atomic E-state index is 0.0323. The highest BCUT2D eigenvalue weighted by atomic mass is 32.2. The van der Waals surface area contributed by atoms with Crippen LogP contribution in [-0.4, -0.2) is 57.0 Å². The van der Waals surface area contributed by atoms with Gasteiger partial charge in [0.25, 0.3) is 5.91 Å². The van der Waals surface area contributed by atoms with Gasteiger partial charge < -0.3 is 14.8 Å². The molecule has 218 valence electrons. The van der Waals surface area contributed by atoms with E-state index in [9.17, 15) is 23.1 Å². The number of carboxylic acid groups (broad SMARTS) is 1. The topological polar surface area (TPSA) is 129 Å². The standard InChI is InChI=1S/C32H33N3O6S/c1-20(2)29(32(37)38)34-42(39,40)26-17-13-23(14-18-26)22-11-15-25(16-12-22)33-31(36)30-21(3)28-24(9-7-19-35(4)5)8-6-10-27(28)41-30/h6,8,10-18,20,29,34H,19H2,1-5H3,(H,33,36)(H,37,38)/t29-/m0/s1. The number of rotatable bonds is 9. The largest absolute Gasteiger partial charge is 0.480 e. The quantitative estimate of drug-likeness (QED) is 0.236. The van der Waals surface area contributed by atoms with Gasteiger partial charge in [-0.05, 0) is 74.5 Å². The minimum atomic E-state index is -4.02. The zero-order chi connectivity index (χ0) is 30.6. The van der Waals surface area contributed by atoms with Crippen LogP contribution < -0.4 is 10.0 Å². The van der Waals surface area contributed by atoms with Gasteiger partial charge in [0, 0.05) is 22.2 Å². The molecular weight excluding hydrogens is 554 g/mol. The van der Waals surface area contributed by atoms with E-state index < -0.39 is 28.0 Å². The molecule has 0 fully saturated rings. The predicted molar refractivity (Wildman–Crippen MR) is 163 cm³/mol. The number of hydrogen-bond donors (Lipinski definition) is 3. The van der Waals surface area contributed by atoms with Crippen LogP contribution in [0.2, 0.25) is 0 Å². The summed E-state index contributed by atoms with van der Waals surface area (Å²) in [5, 5.41) is 13.0. The summed E-state index contributed by atoms with van der Waals surface area (Å²) in [4.78, 5) is 26.5. The molecule has 0 bridgehead atoms. The fourth-order valence-corrected chi connectivity index (χ4v) is 5.72. The molecule has 0 spiro atoms. The van der Waals surface area contributed by atoms with E-state index in [2.05, 4.69) is 21.9 Å². The fourth-order valence-electron chi connectivity index (χ4n) is 4.38. The molecule has 1 aromatic heterocycles. The Kier molecular flexibility index (Phi) is 9.17. The van der Waals surface area contributed by atoms with Crippen LogP contribution in [0, 0.1) is 24.7 Å². The molecular formula is C32H33N3O6S. The molecule has 9 nitrogen and oxygen atoms in total. The maximum Gasteiger partial charge on any atom is 0.322 e. The molecule has 4 aromatic rings. The molecule has 42 heavy (non-hydrogen) atoms. The van der Waals surface area contributed by atoms with Crippen LogP contribution in [0.5, 0.6) is 0 Å². The van der Waals surface area contributed by atoms with Crippen molar-refractivity contribution in [2.75, 3.05) is 26.0 Å². The molecule has 4 rings (SSSR count). The summed E-state index contributed by atoms with van der Waals surface area (Å²) in [7, 11) is -0.122. The van der Waals surface area contributed by atoms with E-state index in [0.717, 1.165) is 22.1 Å². The number of anilines is 1. The molecule has 0 saturated carbocycles. The summed E-state index contributed by atoms with van der Waals surface area (Å²) in [5.74, 6) is 4.47. The van der Waals surface area contributed by atoms with Crippen molar-refractivity contribution in [2.45, 2.75) is 31.7 Å². The number of nitrogens with zero attached hydrogens (tertiary/aromatic N) is 1. The highest BCUT2D eigenvalue weighted by molar-refractivity contribution is 7.89. The van der Waals surface area contributed by atoms with E-state index in [1.54, 1.807) is 50.2 Å². The SMILES string of the molecule is Cc1c(C(=O)Nc2ccc(-c3ccc(S(=O)(=O)N[C@H](C(=O)O)C(C)C)cc3)cc2)oc2cccc(C#CCN(C)C)c12. The van der Waals surface area contributed by atoms with Crippen molar-refractivity contribution in [1.82, 2.24) is 9.62 Å². The summed E-state index contributed by atoms with van der Waals surface area (Å²) in [6.45, 7) is 5.72. The van der Waals surface area contributed by atoms with Gasteiger partial charge in [-0.15, -0.1) is 0 Å². The highest BCUT2D eigenvalue weighted by Crippen LogP contribution is 2.29. The van der Waals surface area contributed by atoms with E-state index in [4.69, 9.17) is 4.42 Å². The molecule has 0 aliphatic rings. The Morgan fingerprint density at radius 1 is 0.976 bits per heavy atom. The van der Waals surface area contributed by atoms with Gasteiger partial charge in [0.05, 0.1) is 11.4 Å². The van der Waals surface area contributed by atoms with E-state index >= 15 is 0 Å². The van der Waals surface area contributed by atoms with Crippen LogP contribution in [0.1, 0.15) is 35.5 Å². The van der Waals surface area contributed by atoms with Gasteiger partial charge in [0.15, 0.2) is 5.76 Å². The fraction of sp³-hybridized carbons (Fsp3) is 0.250. The van der Waals surface area contributed by atoms with Crippen molar-refractivity contribution in [3.05, 3.63) is 83.6 Å². The van der Waals surface area contributed by atoms with Crippen LogP contribution in [0.3, 0.4) is 0 Å². The summed E-state index contributed by atoms with van der Waals surface area (Å²) < 4.78 is 33.6. The Morgan fingerprint density at radius 3 is 2.17 bits per heavy atom. The van der Waals surface area contributed by atoms with Gasteiger partial charge in [-0.3, -0.25) is 14.5 Å². The molecule has 3 N–H and O–H groups in total. The molecule has 0 aliphatic carbocycles. The molecule has 0 saturated heterocycles. The molecule has 1 heterocycles. The molecule has 0 radical (unpaired) electrons. The molecule has 0 aliphatic heterocycles. The third kappa shape index (κ3) is 6.89.